The smallest absolute Gasteiger partial charge is 0.207 e. The number of carbonyl (C=O) groups excluding carboxylic acids is 2. The first-order chi connectivity index (χ1) is 6.91. The second-order valence-electron chi connectivity index (χ2n) is 4.01. The molecule has 0 N–H and O–H groups in total. The van der Waals surface area contributed by atoms with Crippen molar-refractivity contribution < 1.29 is 19.6 Å². The summed E-state index contributed by atoms with van der Waals surface area (Å²) >= 11 is 0. The number of carboxylic acids is 1. The molecule has 0 aromatic heterocycles. The third-order valence-electron chi connectivity index (χ3n) is 2.93. The Morgan fingerprint density at radius 3 is 2.67 bits per heavy atom. The van der Waals surface area contributed by atoms with Crippen molar-refractivity contribution in [2.45, 2.75) is 19.8 Å². The number of carbonyl (C=O) groups is 2. The predicted molar refractivity (Wildman–Crippen MR) is 47.3 cm³/mol. The van der Waals surface area contributed by atoms with Crippen molar-refractivity contribution >= 4 is 11.8 Å². The minimum absolute atomic E-state index is 0.118. The van der Waals surface area contributed by atoms with Gasteiger partial charge >= 0.3 is 0 Å². The van der Waals surface area contributed by atoms with Gasteiger partial charge in [0.1, 0.15) is 5.78 Å². The first-order valence-electron chi connectivity index (χ1n) is 4.76. The maximum atomic E-state index is 11.4. The van der Waals surface area contributed by atoms with E-state index in [2.05, 4.69) is 0 Å². The lowest BCUT2D eigenvalue weighted by Gasteiger charge is -2.17. The Balaban J connectivity index is 2.75. The number of hydrogen-bond acceptors (Lipinski definition) is 5. The number of aliphatic carboxylic acids is 1. The van der Waals surface area contributed by atoms with Crippen LogP contribution in [0.2, 0.25) is 0 Å². The molecule has 6 nitrogen and oxygen atoms in total. The van der Waals surface area contributed by atoms with Crippen LogP contribution in [0.15, 0.2) is 0 Å². The van der Waals surface area contributed by atoms with Crippen molar-refractivity contribution in [1.29, 1.82) is 0 Å². The van der Waals surface area contributed by atoms with Crippen LogP contribution in [-0.4, -0.2) is 23.2 Å². The van der Waals surface area contributed by atoms with Crippen LogP contribution in [0.25, 0.3) is 0 Å². The summed E-state index contributed by atoms with van der Waals surface area (Å²) in [6.07, 6.45) is -0.169. The summed E-state index contributed by atoms with van der Waals surface area (Å²) in [5, 5.41) is 20.8. The van der Waals surface area contributed by atoms with Crippen LogP contribution in [0, 0.1) is 27.9 Å². The van der Waals surface area contributed by atoms with Crippen LogP contribution in [-0.2, 0) is 9.59 Å². The highest BCUT2D eigenvalue weighted by atomic mass is 16.6. The van der Waals surface area contributed by atoms with Crippen molar-refractivity contribution in [2.75, 3.05) is 6.54 Å². The molecule has 1 aliphatic carbocycles. The zero-order valence-corrected chi connectivity index (χ0v) is 8.34. The number of nitro groups is 1. The van der Waals surface area contributed by atoms with E-state index in [9.17, 15) is 24.8 Å². The minimum atomic E-state index is -1.32. The lowest BCUT2D eigenvalue weighted by atomic mass is 9.88. The summed E-state index contributed by atoms with van der Waals surface area (Å²) in [4.78, 5) is 31.7. The average molecular weight is 214 g/mol. The van der Waals surface area contributed by atoms with Crippen LogP contribution in [0.4, 0.5) is 0 Å². The average Bonchev–Trinajstić information content (AvgIpc) is 2.30. The molecule has 3 atom stereocenters. The van der Waals surface area contributed by atoms with E-state index < -0.39 is 29.1 Å². The third kappa shape index (κ3) is 2.74. The lowest BCUT2D eigenvalue weighted by Crippen LogP contribution is -2.32. The van der Waals surface area contributed by atoms with Crippen LogP contribution >= 0.6 is 0 Å². The van der Waals surface area contributed by atoms with Gasteiger partial charge in [0.05, 0.1) is 0 Å². The molecule has 0 unspecified atom stereocenters. The molecule has 0 bridgehead atoms. The fourth-order valence-corrected chi connectivity index (χ4v) is 2.18. The summed E-state index contributed by atoms with van der Waals surface area (Å²) in [5.41, 5.74) is 0. The quantitative estimate of drug-likeness (QED) is 0.452. The molecule has 0 aromatic carbocycles. The number of rotatable bonds is 4. The number of ketones is 1. The Hall–Kier alpha value is -1.46. The topological polar surface area (TPSA) is 100 Å². The minimum Gasteiger partial charge on any atom is -0.550 e. The van der Waals surface area contributed by atoms with Gasteiger partial charge in [-0.2, -0.15) is 0 Å². The Morgan fingerprint density at radius 2 is 2.20 bits per heavy atom. The summed E-state index contributed by atoms with van der Waals surface area (Å²) in [5.74, 6) is -2.85. The van der Waals surface area contributed by atoms with E-state index in [4.69, 9.17) is 0 Å². The van der Waals surface area contributed by atoms with Gasteiger partial charge < -0.3 is 9.90 Å². The zero-order chi connectivity index (χ0) is 11.6. The van der Waals surface area contributed by atoms with Crippen molar-refractivity contribution in [2.24, 2.45) is 17.8 Å². The first kappa shape index (κ1) is 11.6. The summed E-state index contributed by atoms with van der Waals surface area (Å²) in [6, 6.07) is 0. The highest BCUT2D eigenvalue weighted by molar-refractivity contribution is 5.87. The van der Waals surface area contributed by atoms with E-state index in [1.54, 1.807) is 6.92 Å². The van der Waals surface area contributed by atoms with Crippen LogP contribution in [0.1, 0.15) is 19.8 Å². The van der Waals surface area contributed by atoms with Gasteiger partial charge in [-0.15, -0.1) is 0 Å². The maximum Gasteiger partial charge on any atom is 0.207 e. The molecule has 0 spiro atoms. The highest BCUT2D eigenvalue weighted by Crippen LogP contribution is 2.36. The summed E-state index contributed by atoms with van der Waals surface area (Å²) in [7, 11) is 0. The normalized spacial score (nSPS) is 30.5. The molecule has 84 valence electrons. The fraction of sp³-hybridized carbons (Fsp3) is 0.778. The SMILES string of the molecule is C[C@@H]1CC(=O)[C@H](CC(=O)[O-])[C@H]1C[N+](=O)[O-]. The summed E-state index contributed by atoms with van der Waals surface area (Å²) < 4.78 is 0. The molecule has 0 aliphatic heterocycles. The molecule has 1 fully saturated rings. The second kappa shape index (κ2) is 4.37. The van der Waals surface area contributed by atoms with Crippen LogP contribution in [0.5, 0.6) is 0 Å². The molecule has 1 saturated carbocycles. The molecular formula is C9H12NO5-. The first-order valence-corrected chi connectivity index (χ1v) is 4.76. The van der Waals surface area contributed by atoms with Crippen molar-refractivity contribution in [3.8, 4) is 0 Å². The van der Waals surface area contributed by atoms with Crippen molar-refractivity contribution in [3.05, 3.63) is 10.1 Å². The Bertz CT molecular complexity index is 301. The van der Waals surface area contributed by atoms with Gasteiger partial charge in [-0.3, -0.25) is 14.9 Å². The molecule has 15 heavy (non-hydrogen) atoms. The standard InChI is InChI=1S/C9H13NO5/c1-5-2-8(11)6(3-9(12)13)7(5)4-10(14)15/h5-7H,2-4H2,1H3,(H,12,13)/p-1/t5-,6-,7+/m1/s1. The van der Waals surface area contributed by atoms with Crippen LogP contribution < -0.4 is 5.11 Å². The predicted octanol–water partition coefficient (Wildman–Crippen LogP) is -0.756. The van der Waals surface area contributed by atoms with Crippen molar-refractivity contribution in [3.63, 3.8) is 0 Å². The lowest BCUT2D eigenvalue weighted by molar-refractivity contribution is -0.490. The number of Topliss-reactive ketones (excluding diaryl/α,β-unsaturated/α-hetero) is 1. The van der Waals surface area contributed by atoms with E-state index >= 15 is 0 Å². The highest BCUT2D eigenvalue weighted by Gasteiger charge is 2.42. The molecule has 6 heteroatoms. The fourth-order valence-electron chi connectivity index (χ4n) is 2.18. The van der Waals surface area contributed by atoms with E-state index in [1.165, 1.54) is 0 Å². The molecule has 0 radical (unpaired) electrons. The van der Waals surface area contributed by atoms with Gasteiger partial charge in [-0.05, 0) is 12.3 Å². The number of hydrogen-bond donors (Lipinski definition) is 0. The van der Waals surface area contributed by atoms with Gasteiger partial charge in [0.2, 0.25) is 6.54 Å². The maximum absolute atomic E-state index is 11.4. The zero-order valence-electron chi connectivity index (χ0n) is 8.34. The van der Waals surface area contributed by atoms with Gasteiger partial charge in [0.15, 0.2) is 0 Å². The molecule has 0 amide bonds. The van der Waals surface area contributed by atoms with Gasteiger partial charge in [-0.25, -0.2) is 0 Å². The van der Waals surface area contributed by atoms with Crippen LogP contribution in [0.3, 0.4) is 0 Å². The van der Waals surface area contributed by atoms with Crippen molar-refractivity contribution in [1.82, 2.24) is 0 Å². The Labute approximate surface area is 86.4 Å². The largest absolute Gasteiger partial charge is 0.550 e. The number of nitrogens with zero attached hydrogens (tertiary/aromatic N) is 1. The molecule has 0 aromatic rings. The molecule has 0 heterocycles. The third-order valence-corrected chi connectivity index (χ3v) is 2.93. The Morgan fingerprint density at radius 1 is 1.60 bits per heavy atom. The Kier molecular flexibility index (Phi) is 3.39. The molecule has 0 saturated heterocycles. The van der Waals surface area contributed by atoms with E-state index in [1.807, 2.05) is 0 Å². The number of carboxylic acid groups (broad SMARTS) is 1. The second-order valence-corrected chi connectivity index (χ2v) is 4.01. The van der Waals surface area contributed by atoms with E-state index in [0.29, 0.717) is 0 Å². The monoisotopic (exact) mass is 214 g/mol. The molecular weight excluding hydrogens is 202 g/mol. The van der Waals surface area contributed by atoms with Gasteiger partial charge in [0.25, 0.3) is 0 Å². The van der Waals surface area contributed by atoms with Gasteiger partial charge in [-0.1, -0.05) is 6.92 Å². The van der Waals surface area contributed by atoms with E-state index in [0.717, 1.165) is 0 Å². The summed E-state index contributed by atoms with van der Waals surface area (Å²) in [6.45, 7) is 1.40. The molecule has 1 aliphatic rings. The molecule has 1 rings (SSSR count). The van der Waals surface area contributed by atoms with E-state index in [-0.39, 0.29) is 24.7 Å². The van der Waals surface area contributed by atoms with Gasteiger partial charge in [0, 0.05) is 29.1 Å².